The van der Waals surface area contributed by atoms with Gasteiger partial charge in [0.05, 0.1) is 24.0 Å². The van der Waals surface area contributed by atoms with E-state index in [2.05, 4.69) is 5.32 Å². The first-order chi connectivity index (χ1) is 8.96. The van der Waals surface area contributed by atoms with Crippen molar-refractivity contribution in [3.63, 3.8) is 0 Å². The summed E-state index contributed by atoms with van der Waals surface area (Å²) in [5.74, 6) is 0.122. The monoisotopic (exact) mass is 286 g/mol. The zero-order valence-corrected chi connectivity index (χ0v) is 11.6. The van der Waals surface area contributed by atoms with Crippen molar-refractivity contribution in [1.82, 2.24) is 10.2 Å². The molecule has 2 rings (SSSR count). The summed E-state index contributed by atoms with van der Waals surface area (Å²) in [6, 6.07) is 1.52. The van der Waals surface area contributed by atoms with Gasteiger partial charge >= 0.3 is 0 Å². The first-order valence-corrected chi connectivity index (χ1v) is 7.97. The van der Waals surface area contributed by atoms with Crippen molar-refractivity contribution in [1.29, 1.82) is 0 Å². The van der Waals surface area contributed by atoms with Crippen LogP contribution in [0.2, 0.25) is 0 Å². The van der Waals surface area contributed by atoms with Crippen LogP contribution < -0.4 is 5.32 Å². The first kappa shape index (κ1) is 14.1. The van der Waals surface area contributed by atoms with Crippen molar-refractivity contribution in [2.24, 2.45) is 0 Å². The van der Waals surface area contributed by atoms with Crippen LogP contribution in [0.25, 0.3) is 0 Å². The molecule has 19 heavy (non-hydrogen) atoms. The summed E-state index contributed by atoms with van der Waals surface area (Å²) >= 11 is 0. The van der Waals surface area contributed by atoms with E-state index in [1.165, 1.54) is 0 Å². The molecule has 1 aromatic rings. The fourth-order valence-electron chi connectivity index (χ4n) is 2.11. The van der Waals surface area contributed by atoms with E-state index in [9.17, 15) is 13.2 Å². The van der Waals surface area contributed by atoms with Crippen molar-refractivity contribution < 1.29 is 17.6 Å². The summed E-state index contributed by atoms with van der Waals surface area (Å²) in [4.78, 5) is 13.6. The second-order valence-corrected chi connectivity index (χ2v) is 7.08. The highest BCUT2D eigenvalue weighted by Gasteiger charge is 2.26. The van der Waals surface area contributed by atoms with Gasteiger partial charge in [-0.15, -0.1) is 0 Å². The van der Waals surface area contributed by atoms with Gasteiger partial charge in [-0.05, 0) is 6.07 Å². The molecule has 6 nitrogen and oxygen atoms in total. The number of hydrogen-bond donors (Lipinski definition) is 1. The topological polar surface area (TPSA) is 79.6 Å². The van der Waals surface area contributed by atoms with E-state index in [1.807, 2.05) is 0 Å². The van der Waals surface area contributed by atoms with Gasteiger partial charge < -0.3 is 14.6 Å². The van der Waals surface area contributed by atoms with Crippen molar-refractivity contribution >= 4 is 15.7 Å². The Hall–Kier alpha value is -1.34. The SMILES string of the molecule is CN(Cc1ccoc1)C(=O)CC1CS(=O)(=O)CCN1. The van der Waals surface area contributed by atoms with Gasteiger partial charge in [-0.3, -0.25) is 4.79 Å². The van der Waals surface area contributed by atoms with Gasteiger partial charge in [0.2, 0.25) is 5.91 Å². The summed E-state index contributed by atoms with van der Waals surface area (Å²) in [6.07, 6.45) is 3.35. The quantitative estimate of drug-likeness (QED) is 0.844. The van der Waals surface area contributed by atoms with Gasteiger partial charge in [0.25, 0.3) is 0 Å². The Morgan fingerprint density at radius 1 is 1.58 bits per heavy atom. The predicted octanol–water partition coefficient (Wildman–Crippen LogP) is 0.0147. The number of rotatable bonds is 4. The van der Waals surface area contributed by atoms with Gasteiger partial charge in [0, 0.05) is 38.2 Å². The lowest BCUT2D eigenvalue weighted by atomic mass is 10.2. The second kappa shape index (κ2) is 5.75. The van der Waals surface area contributed by atoms with Crippen LogP contribution in [-0.2, 0) is 21.2 Å². The molecule has 0 spiro atoms. The number of hydrogen-bond acceptors (Lipinski definition) is 5. The van der Waals surface area contributed by atoms with Crippen LogP contribution in [-0.4, -0.2) is 50.4 Å². The summed E-state index contributed by atoms with van der Waals surface area (Å²) in [5, 5.41) is 3.07. The van der Waals surface area contributed by atoms with Crippen molar-refractivity contribution in [3.05, 3.63) is 24.2 Å². The number of nitrogens with one attached hydrogen (secondary N) is 1. The van der Waals surface area contributed by atoms with E-state index < -0.39 is 9.84 Å². The van der Waals surface area contributed by atoms with Crippen molar-refractivity contribution in [3.8, 4) is 0 Å². The average Bonchev–Trinajstić information content (AvgIpc) is 2.80. The zero-order chi connectivity index (χ0) is 13.9. The lowest BCUT2D eigenvalue weighted by Gasteiger charge is -2.25. The minimum absolute atomic E-state index is 0.0400. The highest BCUT2D eigenvalue weighted by Crippen LogP contribution is 2.09. The minimum atomic E-state index is -3.00. The molecule has 106 valence electrons. The second-order valence-electron chi connectivity index (χ2n) is 4.85. The normalized spacial score (nSPS) is 22.1. The molecule has 1 fully saturated rings. The molecule has 1 N–H and O–H groups in total. The Morgan fingerprint density at radius 3 is 3.00 bits per heavy atom. The van der Waals surface area contributed by atoms with Crippen LogP contribution in [0.3, 0.4) is 0 Å². The van der Waals surface area contributed by atoms with Crippen molar-refractivity contribution in [2.45, 2.75) is 19.0 Å². The minimum Gasteiger partial charge on any atom is -0.472 e. The maximum atomic E-state index is 12.0. The molecule has 1 aliphatic rings. The van der Waals surface area contributed by atoms with Crippen LogP contribution in [0.5, 0.6) is 0 Å². The molecule has 1 unspecified atom stereocenters. The molecule has 1 aliphatic heterocycles. The molecule has 0 aliphatic carbocycles. The number of carbonyl (C=O) groups excluding carboxylic acids is 1. The number of furan rings is 1. The molecule has 7 heteroatoms. The molecule has 0 aromatic carbocycles. The third-order valence-electron chi connectivity index (χ3n) is 3.15. The third-order valence-corrected chi connectivity index (χ3v) is 4.88. The number of nitrogens with zero attached hydrogens (tertiary/aromatic N) is 1. The van der Waals surface area contributed by atoms with E-state index in [4.69, 9.17) is 4.42 Å². The van der Waals surface area contributed by atoms with Gasteiger partial charge in [0.1, 0.15) is 0 Å². The summed E-state index contributed by atoms with van der Waals surface area (Å²) in [5.41, 5.74) is 0.917. The highest BCUT2D eigenvalue weighted by molar-refractivity contribution is 7.91. The molecule has 0 bridgehead atoms. The molecule has 0 radical (unpaired) electrons. The molecule has 1 atom stereocenters. The van der Waals surface area contributed by atoms with Crippen LogP contribution in [0, 0.1) is 0 Å². The van der Waals surface area contributed by atoms with E-state index in [-0.39, 0.29) is 29.9 Å². The Morgan fingerprint density at radius 2 is 2.37 bits per heavy atom. The summed E-state index contributed by atoms with van der Waals surface area (Å²) in [6.45, 7) is 0.889. The number of carbonyl (C=O) groups is 1. The van der Waals surface area contributed by atoms with E-state index >= 15 is 0 Å². The van der Waals surface area contributed by atoms with E-state index in [0.717, 1.165) is 5.56 Å². The molecule has 1 aromatic heterocycles. The van der Waals surface area contributed by atoms with E-state index in [0.29, 0.717) is 13.1 Å². The lowest BCUT2D eigenvalue weighted by molar-refractivity contribution is -0.130. The van der Waals surface area contributed by atoms with Crippen molar-refractivity contribution in [2.75, 3.05) is 25.1 Å². The Balaban J connectivity index is 1.86. The average molecular weight is 286 g/mol. The van der Waals surface area contributed by atoms with Crippen LogP contribution in [0.15, 0.2) is 23.0 Å². The number of sulfone groups is 1. The predicted molar refractivity (Wildman–Crippen MR) is 70.2 cm³/mol. The van der Waals surface area contributed by atoms with Crippen LogP contribution >= 0.6 is 0 Å². The Labute approximate surface area is 112 Å². The molecular formula is C12H18N2O4S. The standard InChI is InChI=1S/C12H18N2O4S/c1-14(7-10-2-4-18-8-10)12(15)6-11-9-19(16,17)5-3-13-11/h2,4,8,11,13H,3,5-7,9H2,1H3. The summed E-state index contributed by atoms with van der Waals surface area (Å²) < 4.78 is 27.9. The third kappa shape index (κ3) is 4.07. The molecule has 0 saturated carbocycles. The molecular weight excluding hydrogens is 268 g/mol. The smallest absolute Gasteiger partial charge is 0.224 e. The van der Waals surface area contributed by atoms with Gasteiger partial charge in [-0.2, -0.15) is 0 Å². The zero-order valence-electron chi connectivity index (χ0n) is 10.8. The Kier molecular flexibility index (Phi) is 4.26. The van der Waals surface area contributed by atoms with Gasteiger partial charge in [-0.25, -0.2) is 8.42 Å². The fourth-order valence-corrected chi connectivity index (χ4v) is 3.55. The number of amides is 1. The largest absolute Gasteiger partial charge is 0.472 e. The fraction of sp³-hybridized carbons (Fsp3) is 0.583. The van der Waals surface area contributed by atoms with Gasteiger partial charge in [0.15, 0.2) is 9.84 Å². The van der Waals surface area contributed by atoms with Crippen LogP contribution in [0.4, 0.5) is 0 Å². The Bertz CT molecular complexity index is 524. The maximum absolute atomic E-state index is 12.0. The molecule has 2 heterocycles. The van der Waals surface area contributed by atoms with Crippen LogP contribution in [0.1, 0.15) is 12.0 Å². The molecule has 1 saturated heterocycles. The highest BCUT2D eigenvalue weighted by atomic mass is 32.2. The first-order valence-electron chi connectivity index (χ1n) is 6.15. The maximum Gasteiger partial charge on any atom is 0.224 e. The van der Waals surface area contributed by atoms with E-state index in [1.54, 1.807) is 30.5 Å². The van der Waals surface area contributed by atoms with Gasteiger partial charge in [-0.1, -0.05) is 0 Å². The molecule has 1 amide bonds. The lowest BCUT2D eigenvalue weighted by Crippen LogP contribution is -2.47. The summed E-state index contributed by atoms with van der Waals surface area (Å²) in [7, 11) is -1.30.